The van der Waals surface area contributed by atoms with Gasteiger partial charge in [-0.1, -0.05) is 12.1 Å². The molecule has 1 heterocycles. The predicted molar refractivity (Wildman–Crippen MR) is 77.1 cm³/mol. The molecule has 5 nitrogen and oxygen atoms in total. The largest absolute Gasteiger partial charge is 0.481 e. The van der Waals surface area contributed by atoms with E-state index in [0.717, 1.165) is 29.2 Å². The molecule has 20 heavy (non-hydrogen) atoms. The van der Waals surface area contributed by atoms with Crippen LogP contribution in [0.5, 0.6) is 0 Å². The molecule has 2 N–H and O–H groups in total. The summed E-state index contributed by atoms with van der Waals surface area (Å²) in [6.07, 6.45) is 0.0440. The first-order chi connectivity index (χ1) is 9.52. The number of nitrogens with zero attached hydrogens (tertiary/aromatic N) is 2. The van der Waals surface area contributed by atoms with Crippen molar-refractivity contribution < 1.29 is 9.90 Å². The Kier molecular flexibility index (Phi) is 4.20. The Balaban J connectivity index is 2.32. The van der Waals surface area contributed by atoms with Gasteiger partial charge in [0.15, 0.2) is 0 Å². The fraction of sp³-hybridized carbons (Fsp3) is 0.333. The second-order valence-corrected chi connectivity index (χ2v) is 4.83. The fourth-order valence-electron chi connectivity index (χ4n) is 2.29. The molecule has 0 aliphatic carbocycles. The highest BCUT2D eigenvalue weighted by Gasteiger charge is 2.12. The van der Waals surface area contributed by atoms with E-state index in [1.807, 2.05) is 49.8 Å². The molecule has 0 bridgehead atoms. The predicted octanol–water partition coefficient (Wildman–Crippen LogP) is 1.84. The number of aliphatic carboxylic acids is 1. The molecule has 2 rings (SSSR count). The maximum atomic E-state index is 10.7. The van der Waals surface area contributed by atoms with Crippen molar-refractivity contribution in [3.63, 3.8) is 0 Å². The molecule has 0 amide bonds. The van der Waals surface area contributed by atoms with Gasteiger partial charge in [0, 0.05) is 17.8 Å². The van der Waals surface area contributed by atoms with Gasteiger partial charge in [-0.25, -0.2) is 4.68 Å². The molecule has 0 fully saturated rings. The number of aryl methyl sites for hydroxylation is 1. The Morgan fingerprint density at radius 1 is 1.30 bits per heavy atom. The van der Waals surface area contributed by atoms with Crippen LogP contribution in [-0.2, 0) is 17.8 Å². The average Bonchev–Trinajstić information content (AvgIpc) is 2.67. The Labute approximate surface area is 118 Å². The van der Waals surface area contributed by atoms with Crippen molar-refractivity contribution in [3.8, 4) is 5.69 Å². The summed E-state index contributed by atoms with van der Waals surface area (Å²) in [7, 11) is 1.91. The van der Waals surface area contributed by atoms with Crippen LogP contribution in [0, 0.1) is 13.8 Å². The normalized spacial score (nSPS) is 10.8. The Morgan fingerprint density at radius 2 is 1.95 bits per heavy atom. The number of aromatic nitrogens is 2. The number of carboxylic acids is 1. The number of nitrogens with one attached hydrogen (secondary N) is 1. The van der Waals surface area contributed by atoms with E-state index in [1.54, 1.807) is 0 Å². The third-order valence-corrected chi connectivity index (χ3v) is 3.33. The molecule has 0 unspecified atom stereocenters. The highest BCUT2D eigenvalue weighted by atomic mass is 16.4. The minimum atomic E-state index is -0.819. The van der Waals surface area contributed by atoms with Gasteiger partial charge in [-0.2, -0.15) is 5.10 Å². The Hall–Kier alpha value is -2.14. The lowest BCUT2D eigenvalue weighted by Gasteiger charge is -2.06. The zero-order chi connectivity index (χ0) is 14.7. The second kappa shape index (κ2) is 5.88. The van der Waals surface area contributed by atoms with Crippen LogP contribution in [0.15, 0.2) is 24.3 Å². The smallest absolute Gasteiger partial charge is 0.307 e. The summed E-state index contributed by atoms with van der Waals surface area (Å²) >= 11 is 0. The van der Waals surface area contributed by atoms with Crippen LogP contribution in [0.2, 0.25) is 0 Å². The molecule has 106 valence electrons. The summed E-state index contributed by atoms with van der Waals surface area (Å²) in [5.41, 5.74) is 5.04. The van der Waals surface area contributed by atoms with Crippen molar-refractivity contribution in [3.05, 3.63) is 46.8 Å². The zero-order valence-corrected chi connectivity index (χ0v) is 12.0. The fourth-order valence-corrected chi connectivity index (χ4v) is 2.29. The summed E-state index contributed by atoms with van der Waals surface area (Å²) in [4.78, 5) is 10.7. The van der Waals surface area contributed by atoms with Crippen molar-refractivity contribution in [2.45, 2.75) is 26.8 Å². The lowest BCUT2D eigenvalue weighted by molar-refractivity contribution is -0.136. The average molecular weight is 273 g/mol. The van der Waals surface area contributed by atoms with E-state index in [4.69, 9.17) is 5.11 Å². The Morgan fingerprint density at radius 3 is 2.50 bits per heavy atom. The van der Waals surface area contributed by atoms with Crippen molar-refractivity contribution in [2.75, 3.05) is 7.05 Å². The molecule has 1 aromatic heterocycles. The monoisotopic (exact) mass is 273 g/mol. The maximum absolute atomic E-state index is 10.7. The first-order valence-corrected chi connectivity index (χ1v) is 6.53. The molecule has 0 atom stereocenters. The van der Waals surface area contributed by atoms with E-state index in [9.17, 15) is 4.79 Å². The van der Waals surface area contributed by atoms with Gasteiger partial charge in [0.05, 0.1) is 17.8 Å². The number of carbonyl (C=O) groups is 1. The number of hydrogen-bond donors (Lipinski definition) is 2. The van der Waals surface area contributed by atoms with Gasteiger partial charge in [0.1, 0.15) is 0 Å². The highest BCUT2D eigenvalue weighted by molar-refractivity contribution is 5.70. The first kappa shape index (κ1) is 14.3. The van der Waals surface area contributed by atoms with Crippen molar-refractivity contribution in [2.24, 2.45) is 0 Å². The molecule has 2 aromatic rings. The van der Waals surface area contributed by atoms with Crippen LogP contribution < -0.4 is 5.32 Å². The van der Waals surface area contributed by atoms with E-state index in [0.29, 0.717) is 0 Å². The highest BCUT2D eigenvalue weighted by Crippen LogP contribution is 2.18. The topological polar surface area (TPSA) is 67.2 Å². The summed E-state index contributed by atoms with van der Waals surface area (Å²) in [6.45, 7) is 4.82. The van der Waals surface area contributed by atoms with Crippen LogP contribution >= 0.6 is 0 Å². The minimum absolute atomic E-state index is 0.0440. The SMILES string of the molecule is CNCc1c(C)nn(-c2ccc(CC(=O)O)cc2)c1C. The molecule has 0 saturated carbocycles. The summed E-state index contributed by atoms with van der Waals surface area (Å²) in [5, 5.41) is 16.5. The van der Waals surface area contributed by atoms with Gasteiger partial charge in [-0.05, 0) is 38.6 Å². The van der Waals surface area contributed by atoms with Gasteiger partial charge in [-0.3, -0.25) is 4.79 Å². The molecule has 1 aromatic carbocycles. The van der Waals surface area contributed by atoms with Crippen LogP contribution in [0.4, 0.5) is 0 Å². The van der Waals surface area contributed by atoms with Gasteiger partial charge in [-0.15, -0.1) is 0 Å². The van der Waals surface area contributed by atoms with E-state index in [2.05, 4.69) is 10.4 Å². The number of hydrogen-bond acceptors (Lipinski definition) is 3. The molecular formula is C15H19N3O2. The molecule has 0 spiro atoms. The molecule has 0 aliphatic rings. The van der Waals surface area contributed by atoms with Gasteiger partial charge in [0.2, 0.25) is 0 Å². The van der Waals surface area contributed by atoms with Crippen LogP contribution in [-0.4, -0.2) is 27.9 Å². The molecule has 0 saturated heterocycles. The van der Waals surface area contributed by atoms with Crippen molar-refractivity contribution in [1.82, 2.24) is 15.1 Å². The lowest BCUT2D eigenvalue weighted by atomic mass is 10.1. The van der Waals surface area contributed by atoms with Crippen LogP contribution in [0.3, 0.4) is 0 Å². The standard InChI is InChI=1S/C15H19N3O2/c1-10-14(9-16-3)11(2)18(17-10)13-6-4-12(5-7-13)8-15(19)20/h4-7,16H,8-9H2,1-3H3,(H,19,20). The Bertz CT molecular complexity index is 615. The first-order valence-electron chi connectivity index (χ1n) is 6.53. The minimum Gasteiger partial charge on any atom is -0.481 e. The summed E-state index contributed by atoms with van der Waals surface area (Å²) < 4.78 is 1.90. The molecule has 5 heteroatoms. The number of rotatable bonds is 5. The third kappa shape index (κ3) is 2.88. The van der Waals surface area contributed by atoms with E-state index < -0.39 is 5.97 Å². The van der Waals surface area contributed by atoms with E-state index in [-0.39, 0.29) is 6.42 Å². The number of carboxylic acid groups (broad SMARTS) is 1. The summed E-state index contributed by atoms with van der Waals surface area (Å²) in [5.74, 6) is -0.819. The van der Waals surface area contributed by atoms with E-state index in [1.165, 1.54) is 5.56 Å². The maximum Gasteiger partial charge on any atom is 0.307 e. The summed E-state index contributed by atoms with van der Waals surface area (Å²) in [6, 6.07) is 7.47. The second-order valence-electron chi connectivity index (χ2n) is 4.83. The quantitative estimate of drug-likeness (QED) is 0.872. The van der Waals surface area contributed by atoms with Crippen LogP contribution in [0.1, 0.15) is 22.5 Å². The third-order valence-electron chi connectivity index (χ3n) is 3.33. The van der Waals surface area contributed by atoms with E-state index >= 15 is 0 Å². The molecule has 0 aliphatic heterocycles. The van der Waals surface area contributed by atoms with Gasteiger partial charge in [0.25, 0.3) is 0 Å². The van der Waals surface area contributed by atoms with Crippen molar-refractivity contribution >= 4 is 5.97 Å². The van der Waals surface area contributed by atoms with Gasteiger partial charge < -0.3 is 10.4 Å². The molecule has 0 radical (unpaired) electrons. The van der Waals surface area contributed by atoms with Crippen molar-refractivity contribution in [1.29, 1.82) is 0 Å². The molecular weight excluding hydrogens is 254 g/mol. The zero-order valence-electron chi connectivity index (χ0n) is 12.0. The lowest BCUT2D eigenvalue weighted by Crippen LogP contribution is -2.07. The number of benzene rings is 1. The van der Waals surface area contributed by atoms with Crippen LogP contribution in [0.25, 0.3) is 5.69 Å². The van der Waals surface area contributed by atoms with Gasteiger partial charge >= 0.3 is 5.97 Å².